The molecule has 0 bridgehead atoms. The van der Waals surface area contributed by atoms with E-state index in [1.807, 2.05) is 32.1 Å². The monoisotopic (exact) mass is 329 g/mol. The lowest BCUT2D eigenvalue weighted by molar-refractivity contribution is -0.112. The molecule has 132 valence electrons. The summed E-state index contributed by atoms with van der Waals surface area (Å²) in [5.74, 6) is 0.789. The van der Waals surface area contributed by atoms with E-state index in [-0.39, 0.29) is 5.91 Å². The highest BCUT2D eigenvalue weighted by Crippen LogP contribution is 2.25. The van der Waals surface area contributed by atoms with Crippen LogP contribution in [0.1, 0.15) is 33.1 Å². The van der Waals surface area contributed by atoms with Gasteiger partial charge in [-0.05, 0) is 70.5 Å². The molecule has 0 radical (unpaired) electrons. The zero-order valence-electron chi connectivity index (χ0n) is 15.5. The molecule has 24 heavy (non-hydrogen) atoms. The van der Waals surface area contributed by atoms with Gasteiger partial charge in [0.15, 0.2) is 0 Å². The van der Waals surface area contributed by atoms with Crippen LogP contribution < -0.4 is 10.2 Å². The van der Waals surface area contributed by atoms with Crippen molar-refractivity contribution in [3.63, 3.8) is 0 Å². The number of carbonyl (C=O) groups is 1. The summed E-state index contributed by atoms with van der Waals surface area (Å²) in [4.78, 5) is 16.7. The van der Waals surface area contributed by atoms with E-state index in [1.165, 1.54) is 25.1 Å². The van der Waals surface area contributed by atoms with Crippen LogP contribution >= 0.6 is 0 Å². The number of rotatable bonds is 6. The smallest absolute Gasteiger partial charge is 0.250 e. The van der Waals surface area contributed by atoms with E-state index in [2.05, 4.69) is 41.3 Å². The van der Waals surface area contributed by atoms with Crippen molar-refractivity contribution in [1.29, 1.82) is 0 Å². The minimum absolute atomic E-state index is 0.0194. The molecule has 1 aliphatic rings. The fourth-order valence-corrected chi connectivity index (χ4v) is 3.27. The molecule has 0 saturated carbocycles. The van der Waals surface area contributed by atoms with Crippen molar-refractivity contribution in [3.8, 4) is 0 Å². The van der Waals surface area contributed by atoms with Crippen molar-refractivity contribution in [2.45, 2.75) is 33.1 Å². The zero-order valence-corrected chi connectivity index (χ0v) is 15.5. The molecule has 1 fully saturated rings. The number of allylic oxidation sites excluding steroid dienone is 1. The van der Waals surface area contributed by atoms with Crippen molar-refractivity contribution >= 4 is 17.3 Å². The van der Waals surface area contributed by atoms with Crippen molar-refractivity contribution < 1.29 is 4.79 Å². The number of hydrogen-bond acceptors (Lipinski definition) is 3. The molecule has 0 spiro atoms. The molecule has 1 saturated heterocycles. The van der Waals surface area contributed by atoms with E-state index in [4.69, 9.17) is 0 Å². The van der Waals surface area contributed by atoms with Gasteiger partial charge in [-0.1, -0.05) is 13.0 Å². The summed E-state index contributed by atoms with van der Waals surface area (Å²) in [7, 11) is 4.30. The molecule has 0 unspecified atom stereocenters. The van der Waals surface area contributed by atoms with Gasteiger partial charge in [0, 0.05) is 36.6 Å². The van der Waals surface area contributed by atoms with Gasteiger partial charge in [-0.15, -0.1) is 0 Å². The minimum Gasteiger partial charge on any atom is -0.372 e. The molecule has 0 aliphatic carbocycles. The van der Waals surface area contributed by atoms with Crippen molar-refractivity contribution in [1.82, 2.24) is 4.90 Å². The summed E-state index contributed by atoms with van der Waals surface area (Å²) in [6, 6.07) is 8.22. The van der Waals surface area contributed by atoms with Crippen LogP contribution in [0.4, 0.5) is 11.4 Å². The van der Waals surface area contributed by atoms with Gasteiger partial charge in [0.1, 0.15) is 0 Å². The Bertz CT molecular complexity index is 555. The molecule has 1 amide bonds. The normalized spacial score (nSPS) is 16.5. The Labute approximate surface area is 146 Å². The molecule has 0 atom stereocenters. The third-order valence-corrected chi connectivity index (χ3v) is 4.60. The zero-order chi connectivity index (χ0) is 17.5. The number of amides is 1. The predicted octanol–water partition coefficient (Wildman–Crippen LogP) is 3.76. The Morgan fingerprint density at radius 3 is 2.42 bits per heavy atom. The predicted molar refractivity (Wildman–Crippen MR) is 103 cm³/mol. The molecular weight excluding hydrogens is 298 g/mol. The lowest BCUT2D eigenvalue weighted by Gasteiger charge is -2.34. The highest BCUT2D eigenvalue weighted by molar-refractivity contribution is 6.03. The van der Waals surface area contributed by atoms with Gasteiger partial charge >= 0.3 is 0 Å². The molecule has 0 aromatic heterocycles. The topological polar surface area (TPSA) is 35.6 Å². The van der Waals surface area contributed by atoms with E-state index >= 15 is 0 Å². The number of carbonyl (C=O) groups excluding carboxylic acids is 1. The summed E-state index contributed by atoms with van der Waals surface area (Å²) in [5, 5.41) is 2.95. The molecule has 4 heteroatoms. The first-order valence-electron chi connectivity index (χ1n) is 8.97. The first kappa shape index (κ1) is 18.5. The first-order valence-corrected chi connectivity index (χ1v) is 8.97. The van der Waals surface area contributed by atoms with E-state index in [9.17, 15) is 4.79 Å². The lowest BCUT2D eigenvalue weighted by Crippen LogP contribution is -2.37. The second-order valence-corrected chi connectivity index (χ2v) is 6.99. The average Bonchev–Trinajstić information content (AvgIpc) is 2.56. The maximum Gasteiger partial charge on any atom is 0.250 e. The highest BCUT2D eigenvalue weighted by Gasteiger charge is 2.19. The fourth-order valence-electron chi connectivity index (χ4n) is 3.27. The van der Waals surface area contributed by atoms with E-state index < -0.39 is 0 Å². The van der Waals surface area contributed by atoms with Crippen molar-refractivity contribution in [2.75, 3.05) is 43.9 Å². The molecule has 1 heterocycles. The van der Waals surface area contributed by atoms with Crippen LogP contribution in [0, 0.1) is 5.92 Å². The van der Waals surface area contributed by atoms with E-state index in [0.717, 1.165) is 36.7 Å². The summed E-state index contributed by atoms with van der Waals surface area (Å²) >= 11 is 0. The Morgan fingerprint density at radius 1 is 1.25 bits per heavy atom. The van der Waals surface area contributed by atoms with Gasteiger partial charge < -0.3 is 15.1 Å². The van der Waals surface area contributed by atoms with Gasteiger partial charge in [-0.25, -0.2) is 0 Å². The maximum atomic E-state index is 12.0. The van der Waals surface area contributed by atoms with Crippen LogP contribution in [0.5, 0.6) is 0 Å². The first-order chi connectivity index (χ1) is 11.5. The number of benzene rings is 1. The molecule has 2 rings (SSSR count). The SMILES string of the molecule is CCC=C(C)C(=O)Nc1ccc(N2CCC(CN(C)C)CC2)cc1. The Morgan fingerprint density at radius 2 is 1.88 bits per heavy atom. The van der Waals surface area contributed by atoms with E-state index in [1.54, 1.807) is 0 Å². The summed E-state index contributed by atoms with van der Waals surface area (Å²) in [6.07, 6.45) is 5.32. The minimum atomic E-state index is -0.0194. The second kappa shape index (κ2) is 8.88. The van der Waals surface area contributed by atoms with Crippen LogP contribution in [0.2, 0.25) is 0 Å². The molecule has 1 N–H and O–H groups in total. The maximum absolute atomic E-state index is 12.0. The largest absolute Gasteiger partial charge is 0.372 e. The van der Waals surface area contributed by atoms with Crippen molar-refractivity contribution in [2.24, 2.45) is 5.92 Å². The standard InChI is InChI=1S/C20H31N3O/c1-5-6-16(2)20(24)21-18-7-9-19(10-8-18)23-13-11-17(12-14-23)15-22(3)4/h6-10,17H,5,11-15H2,1-4H3,(H,21,24). The molecule has 1 aromatic carbocycles. The van der Waals surface area contributed by atoms with Gasteiger partial charge in [0.2, 0.25) is 0 Å². The molecule has 4 nitrogen and oxygen atoms in total. The third kappa shape index (κ3) is 5.38. The number of nitrogens with zero attached hydrogens (tertiary/aromatic N) is 2. The van der Waals surface area contributed by atoms with Crippen molar-refractivity contribution in [3.05, 3.63) is 35.9 Å². The van der Waals surface area contributed by atoms with Crippen LogP contribution in [0.25, 0.3) is 0 Å². The van der Waals surface area contributed by atoms with Crippen LogP contribution in [0.15, 0.2) is 35.9 Å². The van der Waals surface area contributed by atoms with E-state index in [0.29, 0.717) is 0 Å². The second-order valence-electron chi connectivity index (χ2n) is 6.99. The number of anilines is 2. The molecular formula is C20H31N3O. The Balaban J connectivity index is 1.89. The molecule has 1 aromatic rings. The van der Waals surface area contributed by atoms with Crippen LogP contribution in [-0.4, -0.2) is 44.5 Å². The Kier molecular flexibility index (Phi) is 6.85. The van der Waals surface area contributed by atoms with Gasteiger partial charge in [0.25, 0.3) is 5.91 Å². The summed E-state index contributed by atoms with van der Waals surface area (Å²) in [6.45, 7) is 7.30. The quantitative estimate of drug-likeness (QED) is 0.807. The average molecular weight is 329 g/mol. The number of hydrogen-bond donors (Lipinski definition) is 1. The number of nitrogens with one attached hydrogen (secondary N) is 1. The lowest BCUT2D eigenvalue weighted by atomic mass is 9.96. The van der Waals surface area contributed by atoms with Gasteiger partial charge in [-0.2, -0.15) is 0 Å². The third-order valence-electron chi connectivity index (χ3n) is 4.60. The van der Waals surface area contributed by atoms with Crippen LogP contribution in [-0.2, 0) is 4.79 Å². The van der Waals surface area contributed by atoms with Crippen LogP contribution in [0.3, 0.4) is 0 Å². The highest BCUT2D eigenvalue weighted by atomic mass is 16.1. The van der Waals surface area contributed by atoms with Gasteiger partial charge in [-0.3, -0.25) is 4.79 Å². The summed E-state index contributed by atoms with van der Waals surface area (Å²) in [5.41, 5.74) is 2.87. The Hall–Kier alpha value is -1.81. The summed E-state index contributed by atoms with van der Waals surface area (Å²) < 4.78 is 0. The van der Waals surface area contributed by atoms with Gasteiger partial charge in [0.05, 0.1) is 0 Å². The fraction of sp³-hybridized carbons (Fsp3) is 0.550. The number of piperidine rings is 1. The molecule has 1 aliphatic heterocycles.